The highest BCUT2D eigenvalue weighted by Crippen LogP contribution is 2.23. The van der Waals surface area contributed by atoms with E-state index in [4.69, 9.17) is 5.73 Å². The molecule has 8 nitrogen and oxygen atoms in total. The number of aromatic nitrogens is 3. The average molecular weight is 443 g/mol. The fraction of sp³-hybridized carbons (Fsp3) is 0.318. The molecule has 0 saturated heterocycles. The first-order valence-corrected chi connectivity index (χ1v) is 11.4. The van der Waals surface area contributed by atoms with Crippen molar-refractivity contribution in [3.63, 3.8) is 0 Å². The van der Waals surface area contributed by atoms with E-state index in [1.807, 2.05) is 61.5 Å². The summed E-state index contributed by atoms with van der Waals surface area (Å²) in [6.07, 6.45) is 0.458. The molecular formula is C22H26N4O4S. The highest BCUT2D eigenvalue weighted by Gasteiger charge is 2.36. The maximum Gasteiger partial charge on any atom is 0.324 e. The third-order valence-electron chi connectivity index (χ3n) is 5.09. The second-order valence-corrected chi connectivity index (χ2v) is 9.58. The maximum absolute atomic E-state index is 13.1. The zero-order valence-corrected chi connectivity index (χ0v) is 18.5. The number of nitrogens with zero attached hydrogens (tertiary/aromatic N) is 3. The highest BCUT2D eigenvalue weighted by atomic mass is 32.2. The molecule has 0 fully saturated rings. The molecule has 0 saturated carbocycles. The summed E-state index contributed by atoms with van der Waals surface area (Å²) in [5.74, 6) is -0.528. The van der Waals surface area contributed by atoms with Gasteiger partial charge >= 0.3 is 5.97 Å². The minimum atomic E-state index is -4.14. The van der Waals surface area contributed by atoms with Crippen molar-refractivity contribution in [3.8, 4) is 0 Å². The molecule has 0 aliphatic carbocycles. The van der Waals surface area contributed by atoms with E-state index in [9.17, 15) is 13.2 Å². The van der Waals surface area contributed by atoms with Crippen LogP contribution in [-0.2, 0) is 32.3 Å². The molecule has 0 radical (unpaired) electrons. The minimum absolute atomic E-state index is 0.202. The van der Waals surface area contributed by atoms with Gasteiger partial charge in [0.2, 0.25) is 9.84 Å². The summed E-state index contributed by atoms with van der Waals surface area (Å²) in [7, 11) is -2.99. The monoisotopic (exact) mass is 442 g/mol. The first kappa shape index (κ1) is 22.6. The third kappa shape index (κ3) is 5.00. The topological polar surface area (TPSA) is 117 Å². The van der Waals surface area contributed by atoms with Crippen molar-refractivity contribution in [1.82, 2.24) is 14.8 Å². The number of benzene rings is 2. The zero-order chi connectivity index (χ0) is 22.6. The van der Waals surface area contributed by atoms with Crippen molar-refractivity contribution in [2.45, 2.75) is 43.3 Å². The van der Waals surface area contributed by atoms with Crippen LogP contribution < -0.4 is 5.73 Å². The number of carbonyl (C=O) groups is 1. The average Bonchev–Trinajstić information content (AvgIpc) is 3.19. The van der Waals surface area contributed by atoms with Crippen LogP contribution >= 0.6 is 0 Å². The summed E-state index contributed by atoms with van der Waals surface area (Å²) in [4.78, 5) is 11.9. The molecule has 0 spiro atoms. The fourth-order valence-corrected chi connectivity index (χ4v) is 4.51. The smallest absolute Gasteiger partial charge is 0.324 e. The number of carbonyl (C=O) groups excluding carboxylic acids is 1. The van der Waals surface area contributed by atoms with E-state index in [2.05, 4.69) is 14.9 Å². The lowest BCUT2D eigenvalue weighted by atomic mass is 10.1. The van der Waals surface area contributed by atoms with Gasteiger partial charge in [-0.2, -0.15) is 0 Å². The molecule has 1 aromatic heterocycles. The van der Waals surface area contributed by atoms with Gasteiger partial charge in [-0.1, -0.05) is 60.2 Å². The van der Waals surface area contributed by atoms with Crippen molar-refractivity contribution in [2.24, 2.45) is 5.73 Å². The van der Waals surface area contributed by atoms with E-state index in [1.165, 1.54) is 11.5 Å². The largest absolute Gasteiger partial charge is 0.468 e. The molecule has 9 heteroatoms. The molecule has 3 rings (SSSR count). The van der Waals surface area contributed by atoms with Crippen LogP contribution in [0.2, 0.25) is 0 Å². The molecule has 0 bridgehead atoms. The SMILES string of the molecule is COC(=O)C(C)S(=O)(=O)c1nnc([C@@H](N)Cc2ccccc2)n1Cc1ccc(C)cc1. The number of ether oxygens (including phenoxy) is 1. The number of methoxy groups -OCH3 is 1. The van der Waals surface area contributed by atoms with Gasteiger partial charge in [0.05, 0.1) is 19.7 Å². The molecule has 164 valence electrons. The Labute approximate surface area is 182 Å². The molecule has 0 aliphatic rings. The number of hydrogen-bond donors (Lipinski definition) is 1. The molecule has 31 heavy (non-hydrogen) atoms. The van der Waals surface area contributed by atoms with Gasteiger partial charge in [0.15, 0.2) is 11.1 Å². The van der Waals surface area contributed by atoms with E-state index in [0.717, 1.165) is 23.8 Å². The summed E-state index contributed by atoms with van der Waals surface area (Å²) >= 11 is 0. The third-order valence-corrected chi connectivity index (χ3v) is 7.02. The minimum Gasteiger partial charge on any atom is -0.468 e. The summed E-state index contributed by atoms with van der Waals surface area (Å²) in [5, 5.41) is 6.33. The van der Waals surface area contributed by atoms with Crippen molar-refractivity contribution in [3.05, 3.63) is 77.1 Å². The lowest BCUT2D eigenvalue weighted by molar-refractivity contribution is -0.139. The van der Waals surface area contributed by atoms with Crippen LogP contribution in [0.15, 0.2) is 59.8 Å². The molecule has 0 aliphatic heterocycles. The predicted octanol–water partition coefficient (Wildman–Crippen LogP) is 2.21. The van der Waals surface area contributed by atoms with Crippen LogP contribution in [0.25, 0.3) is 0 Å². The van der Waals surface area contributed by atoms with Crippen molar-refractivity contribution in [2.75, 3.05) is 7.11 Å². The Kier molecular flexibility index (Phi) is 6.87. The van der Waals surface area contributed by atoms with Crippen molar-refractivity contribution < 1.29 is 17.9 Å². The number of sulfone groups is 1. The van der Waals surface area contributed by atoms with E-state index < -0.39 is 27.1 Å². The van der Waals surface area contributed by atoms with Gasteiger partial charge < -0.3 is 10.5 Å². The first-order chi connectivity index (χ1) is 14.7. The Bertz CT molecular complexity index is 1140. The highest BCUT2D eigenvalue weighted by molar-refractivity contribution is 7.92. The Balaban J connectivity index is 2.04. The standard InChI is InChI=1S/C22H26N4O4S/c1-15-9-11-18(12-10-15)14-26-20(19(23)13-17-7-5-4-6-8-17)24-25-22(26)31(28,29)16(2)21(27)30-3/h4-12,16,19H,13-14,23H2,1-3H3/t16?,19-/m0/s1. The van der Waals surface area contributed by atoms with E-state index >= 15 is 0 Å². The molecule has 1 heterocycles. The quantitative estimate of drug-likeness (QED) is 0.532. The summed E-state index contributed by atoms with van der Waals surface area (Å²) in [6, 6.07) is 16.7. The van der Waals surface area contributed by atoms with E-state index in [0.29, 0.717) is 12.2 Å². The molecule has 1 unspecified atom stereocenters. The maximum atomic E-state index is 13.1. The van der Waals surface area contributed by atoms with Gasteiger partial charge in [-0.05, 0) is 31.4 Å². The van der Waals surface area contributed by atoms with Crippen molar-refractivity contribution in [1.29, 1.82) is 0 Å². The number of rotatable bonds is 8. The summed E-state index contributed by atoms with van der Waals surface area (Å²) in [6.45, 7) is 3.45. The Morgan fingerprint density at radius 2 is 1.71 bits per heavy atom. The normalized spacial score (nSPS) is 13.5. The number of aryl methyl sites for hydroxylation is 1. The van der Waals surface area contributed by atoms with Gasteiger partial charge in [0, 0.05) is 0 Å². The van der Waals surface area contributed by atoms with Crippen LogP contribution in [0.3, 0.4) is 0 Å². The Morgan fingerprint density at radius 1 is 1.06 bits per heavy atom. The van der Waals surface area contributed by atoms with Crippen LogP contribution in [0.4, 0.5) is 0 Å². The van der Waals surface area contributed by atoms with Gasteiger partial charge in [0.1, 0.15) is 0 Å². The number of nitrogens with two attached hydrogens (primary N) is 1. The molecule has 2 atom stereocenters. The second-order valence-electron chi connectivity index (χ2n) is 7.42. The second kappa shape index (κ2) is 9.40. The van der Waals surface area contributed by atoms with Crippen LogP contribution in [0.1, 0.15) is 35.5 Å². The van der Waals surface area contributed by atoms with Crippen LogP contribution in [0, 0.1) is 6.92 Å². The lowest BCUT2D eigenvalue weighted by Gasteiger charge is -2.17. The molecule has 2 aromatic carbocycles. The van der Waals surface area contributed by atoms with Gasteiger partial charge in [0.25, 0.3) is 5.16 Å². The van der Waals surface area contributed by atoms with Gasteiger partial charge in [-0.3, -0.25) is 9.36 Å². The zero-order valence-electron chi connectivity index (χ0n) is 17.7. The van der Waals surface area contributed by atoms with Crippen LogP contribution in [-0.4, -0.2) is 41.5 Å². The van der Waals surface area contributed by atoms with Crippen LogP contribution in [0.5, 0.6) is 0 Å². The number of esters is 1. The first-order valence-electron chi connectivity index (χ1n) is 9.84. The Hall–Kier alpha value is -3.04. The molecule has 2 N–H and O–H groups in total. The molecule has 0 amide bonds. The summed E-state index contributed by atoms with van der Waals surface area (Å²) < 4.78 is 32.4. The van der Waals surface area contributed by atoms with Crippen molar-refractivity contribution >= 4 is 15.8 Å². The van der Waals surface area contributed by atoms with Gasteiger partial charge in [-0.15, -0.1) is 10.2 Å². The fourth-order valence-electron chi connectivity index (χ4n) is 3.22. The summed E-state index contributed by atoms with van der Waals surface area (Å²) in [5.41, 5.74) is 9.35. The Morgan fingerprint density at radius 3 is 2.32 bits per heavy atom. The molecule has 3 aromatic rings. The van der Waals surface area contributed by atoms with E-state index in [1.54, 1.807) is 0 Å². The lowest BCUT2D eigenvalue weighted by Crippen LogP contribution is -2.31. The van der Waals surface area contributed by atoms with E-state index in [-0.39, 0.29) is 11.7 Å². The number of hydrogen-bond acceptors (Lipinski definition) is 7. The van der Waals surface area contributed by atoms with Gasteiger partial charge in [-0.25, -0.2) is 8.42 Å². The molecular weight excluding hydrogens is 416 g/mol. The predicted molar refractivity (Wildman–Crippen MR) is 116 cm³/mol.